The highest BCUT2D eigenvalue weighted by molar-refractivity contribution is 6.74. The number of rotatable bonds is 8. The molecule has 0 aromatic rings. The number of hydrogen-bond donors (Lipinski definition) is 1. The van der Waals surface area contributed by atoms with Crippen molar-refractivity contribution in [2.75, 3.05) is 6.61 Å². The van der Waals surface area contributed by atoms with Crippen molar-refractivity contribution in [2.45, 2.75) is 167 Å². The molecule has 1 N–H and O–H groups in total. The Labute approximate surface area is 222 Å². The molecule has 3 saturated heterocycles. The third-order valence-electron chi connectivity index (χ3n) is 9.84. The van der Waals surface area contributed by atoms with E-state index in [9.17, 15) is 5.11 Å². The van der Waals surface area contributed by atoms with Crippen LogP contribution in [0.25, 0.3) is 0 Å². The molecule has 0 aromatic carbocycles. The van der Waals surface area contributed by atoms with Crippen LogP contribution in [0.3, 0.4) is 0 Å². The van der Waals surface area contributed by atoms with Gasteiger partial charge in [-0.25, -0.2) is 0 Å². The summed E-state index contributed by atoms with van der Waals surface area (Å²) in [6.45, 7) is 26.4. The molecule has 0 saturated carbocycles. The number of aliphatic hydroxyl groups excluding tert-OH is 1. The van der Waals surface area contributed by atoms with Crippen LogP contribution in [0, 0.1) is 11.8 Å². The fourth-order valence-electron chi connectivity index (χ4n) is 6.09. The Morgan fingerprint density at radius 3 is 2.19 bits per heavy atom. The summed E-state index contributed by atoms with van der Waals surface area (Å²) >= 11 is 0. The summed E-state index contributed by atoms with van der Waals surface area (Å²) in [6.07, 6.45) is 5.10. The lowest BCUT2D eigenvalue weighted by Crippen LogP contribution is -2.53. The van der Waals surface area contributed by atoms with Gasteiger partial charge in [0.1, 0.15) is 0 Å². The number of aliphatic hydroxyl groups is 1. The maximum atomic E-state index is 9.75. The van der Waals surface area contributed by atoms with Gasteiger partial charge in [-0.2, -0.15) is 0 Å². The molecule has 36 heavy (non-hydrogen) atoms. The third kappa shape index (κ3) is 6.40. The first-order valence-corrected chi connectivity index (χ1v) is 17.2. The molecule has 7 heteroatoms. The van der Waals surface area contributed by atoms with Crippen molar-refractivity contribution in [1.29, 1.82) is 0 Å². The average Bonchev–Trinajstić information content (AvgIpc) is 3.33. The van der Waals surface area contributed by atoms with Crippen LogP contribution in [-0.4, -0.2) is 67.5 Å². The minimum atomic E-state index is -1.88. The Bertz CT molecular complexity index is 751. The molecule has 3 rings (SSSR count). The number of ether oxygens (including phenoxy) is 4. The van der Waals surface area contributed by atoms with E-state index >= 15 is 0 Å². The molecule has 212 valence electrons. The van der Waals surface area contributed by atoms with E-state index in [1.165, 1.54) is 0 Å². The average molecular weight is 529 g/mol. The van der Waals surface area contributed by atoms with E-state index < -0.39 is 14.1 Å². The minimum absolute atomic E-state index is 0.0298. The smallest absolute Gasteiger partial charge is 0.192 e. The summed E-state index contributed by atoms with van der Waals surface area (Å²) in [6, 6.07) is 0. The lowest BCUT2D eigenvalue weighted by Gasteiger charge is -2.47. The van der Waals surface area contributed by atoms with Crippen molar-refractivity contribution in [2.24, 2.45) is 11.8 Å². The van der Waals surface area contributed by atoms with Crippen LogP contribution >= 0.6 is 0 Å². The lowest BCUT2D eigenvalue weighted by atomic mass is 9.85. The SMILES string of the molecule is C[C@@H]1[C@@H]([C@H](C)CO)OC(C)(C)O[C@H]1C[C@@H]1CC[C@@](C)([C@H]2CC[C@@](C)([C@@H](C)O[Si](C)(C)C(C)(C)C)O2)O1. The number of hydrogen-bond acceptors (Lipinski definition) is 6. The summed E-state index contributed by atoms with van der Waals surface area (Å²) in [7, 11) is -1.88. The van der Waals surface area contributed by atoms with Crippen molar-refractivity contribution >= 4 is 8.32 Å². The Morgan fingerprint density at radius 1 is 0.972 bits per heavy atom. The van der Waals surface area contributed by atoms with Gasteiger partial charge >= 0.3 is 0 Å². The molecular weight excluding hydrogens is 472 g/mol. The Morgan fingerprint density at radius 2 is 1.61 bits per heavy atom. The van der Waals surface area contributed by atoms with Gasteiger partial charge in [0.2, 0.25) is 0 Å². The lowest BCUT2D eigenvalue weighted by molar-refractivity contribution is -0.331. The first-order valence-electron chi connectivity index (χ1n) is 14.3. The Kier molecular flexibility index (Phi) is 8.91. The van der Waals surface area contributed by atoms with E-state index in [0.29, 0.717) is 0 Å². The van der Waals surface area contributed by atoms with Crippen LogP contribution in [0.4, 0.5) is 0 Å². The summed E-state index contributed by atoms with van der Waals surface area (Å²) < 4.78 is 32.9. The summed E-state index contributed by atoms with van der Waals surface area (Å²) in [5.41, 5.74) is -0.582. The van der Waals surface area contributed by atoms with Crippen molar-refractivity contribution in [3.05, 3.63) is 0 Å². The van der Waals surface area contributed by atoms with Crippen LogP contribution in [-0.2, 0) is 23.4 Å². The summed E-state index contributed by atoms with van der Waals surface area (Å²) in [5.74, 6) is -0.403. The topological polar surface area (TPSA) is 66.4 Å². The maximum absolute atomic E-state index is 9.75. The van der Waals surface area contributed by atoms with E-state index in [4.69, 9.17) is 23.4 Å². The van der Waals surface area contributed by atoms with Gasteiger partial charge in [0.25, 0.3) is 0 Å². The second-order valence-corrected chi connectivity index (χ2v) is 19.2. The van der Waals surface area contributed by atoms with E-state index in [1.54, 1.807) is 0 Å². The van der Waals surface area contributed by atoms with Crippen LogP contribution in [0.1, 0.15) is 101 Å². The van der Waals surface area contributed by atoms with Crippen molar-refractivity contribution < 1.29 is 28.5 Å². The fraction of sp³-hybridized carbons (Fsp3) is 1.00. The summed E-state index contributed by atoms with van der Waals surface area (Å²) in [4.78, 5) is 0. The van der Waals surface area contributed by atoms with Crippen LogP contribution in [0.5, 0.6) is 0 Å². The fourth-order valence-corrected chi connectivity index (χ4v) is 7.58. The van der Waals surface area contributed by atoms with Crippen LogP contribution < -0.4 is 0 Å². The van der Waals surface area contributed by atoms with E-state index in [2.05, 4.69) is 61.6 Å². The van der Waals surface area contributed by atoms with Gasteiger partial charge in [0.05, 0.1) is 41.7 Å². The van der Waals surface area contributed by atoms with Gasteiger partial charge in [-0.1, -0.05) is 34.6 Å². The largest absolute Gasteiger partial charge is 0.411 e. The molecule has 0 radical (unpaired) electrons. The molecule has 3 heterocycles. The van der Waals surface area contributed by atoms with E-state index in [0.717, 1.165) is 32.1 Å². The second-order valence-electron chi connectivity index (χ2n) is 14.5. The monoisotopic (exact) mass is 528 g/mol. The summed E-state index contributed by atoms with van der Waals surface area (Å²) in [5, 5.41) is 9.93. The molecule has 0 bridgehead atoms. The Balaban J connectivity index is 1.62. The van der Waals surface area contributed by atoms with Gasteiger partial charge in [-0.15, -0.1) is 0 Å². The highest BCUT2D eigenvalue weighted by Gasteiger charge is 2.53. The quantitative estimate of drug-likeness (QED) is 0.365. The molecular formula is C29H56O6Si. The molecule has 0 spiro atoms. The van der Waals surface area contributed by atoms with Gasteiger partial charge in [0.15, 0.2) is 14.1 Å². The van der Waals surface area contributed by atoms with E-state index in [-0.39, 0.29) is 65.2 Å². The molecule has 0 aliphatic carbocycles. The highest BCUT2D eigenvalue weighted by Crippen LogP contribution is 2.47. The van der Waals surface area contributed by atoms with Gasteiger partial charge < -0.3 is 28.5 Å². The molecule has 0 amide bonds. The van der Waals surface area contributed by atoms with Crippen LogP contribution in [0.15, 0.2) is 0 Å². The van der Waals surface area contributed by atoms with Crippen molar-refractivity contribution in [1.82, 2.24) is 0 Å². The normalized spacial score (nSPS) is 41.4. The molecule has 3 fully saturated rings. The zero-order valence-corrected chi connectivity index (χ0v) is 26.3. The van der Waals surface area contributed by atoms with Gasteiger partial charge in [0, 0.05) is 24.9 Å². The second kappa shape index (κ2) is 10.5. The first-order chi connectivity index (χ1) is 16.3. The highest BCUT2D eigenvalue weighted by atomic mass is 28.4. The zero-order valence-electron chi connectivity index (χ0n) is 25.3. The van der Waals surface area contributed by atoms with Crippen LogP contribution in [0.2, 0.25) is 18.1 Å². The Hall–Kier alpha value is -0.0231. The maximum Gasteiger partial charge on any atom is 0.192 e. The van der Waals surface area contributed by atoms with E-state index in [1.807, 2.05) is 20.8 Å². The molecule has 3 aliphatic rings. The van der Waals surface area contributed by atoms with Gasteiger partial charge in [-0.05, 0) is 78.4 Å². The molecule has 0 aromatic heterocycles. The molecule has 6 nitrogen and oxygen atoms in total. The van der Waals surface area contributed by atoms with Crippen molar-refractivity contribution in [3.63, 3.8) is 0 Å². The molecule has 0 unspecified atom stereocenters. The zero-order chi connectivity index (χ0) is 27.3. The predicted molar refractivity (Wildman–Crippen MR) is 147 cm³/mol. The third-order valence-corrected chi connectivity index (χ3v) is 14.4. The predicted octanol–water partition coefficient (Wildman–Crippen LogP) is 6.45. The van der Waals surface area contributed by atoms with Gasteiger partial charge in [-0.3, -0.25) is 0 Å². The minimum Gasteiger partial charge on any atom is -0.411 e. The van der Waals surface area contributed by atoms with Crippen molar-refractivity contribution in [3.8, 4) is 0 Å². The standard InChI is InChI=1S/C29H56O6Si/c1-19(18-30)25-20(2)23(32-27(7,8)34-25)17-22-13-15-29(10,31-22)24-14-16-28(9,33-24)21(3)35-36(11,12)26(4,5)6/h19-25,30H,13-18H2,1-12H3/t19-,20+,21-,22+,23+,24-,25-,28+,29+/m1/s1. The molecule has 9 atom stereocenters. The molecule has 3 aliphatic heterocycles. The first kappa shape index (κ1) is 30.5.